The number of carbonyl (C=O) groups is 2. The first-order chi connectivity index (χ1) is 11.4. The SMILES string of the molecule is O=C(CNC(=O)c1ccc(C(F)(F)F)cc1)NCC[C@@H]1CCCO1. The van der Waals surface area contributed by atoms with Crippen molar-refractivity contribution in [2.75, 3.05) is 19.7 Å². The van der Waals surface area contributed by atoms with E-state index >= 15 is 0 Å². The van der Waals surface area contributed by atoms with Gasteiger partial charge in [0.25, 0.3) is 5.91 Å². The fraction of sp³-hybridized carbons (Fsp3) is 0.500. The largest absolute Gasteiger partial charge is 0.416 e. The van der Waals surface area contributed by atoms with Gasteiger partial charge in [0.2, 0.25) is 5.91 Å². The van der Waals surface area contributed by atoms with Crippen LogP contribution < -0.4 is 10.6 Å². The highest BCUT2D eigenvalue weighted by atomic mass is 19.4. The van der Waals surface area contributed by atoms with Gasteiger partial charge in [0.15, 0.2) is 0 Å². The molecule has 0 radical (unpaired) electrons. The number of alkyl halides is 3. The molecule has 0 saturated carbocycles. The standard InChI is InChI=1S/C16H19F3N2O3/c17-16(18,19)12-5-3-11(4-6-12)15(23)21-10-14(22)20-8-7-13-2-1-9-24-13/h3-6,13H,1-2,7-10H2,(H,20,22)(H,21,23)/t13-/m0/s1. The predicted octanol–water partition coefficient (Wildman–Crippen LogP) is 2.12. The van der Waals surface area contributed by atoms with Crippen molar-refractivity contribution >= 4 is 11.8 Å². The molecule has 1 saturated heterocycles. The Bertz CT molecular complexity index is 567. The summed E-state index contributed by atoms with van der Waals surface area (Å²) in [6, 6.07) is 3.81. The third-order valence-corrected chi connectivity index (χ3v) is 3.70. The highest BCUT2D eigenvalue weighted by molar-refractivity contribution is 5.96. The molecule has 8 heteroatoms. The average Bonchev–Trinajstić information content (AvgIpc) is 3.05. The number of amides is 2. The summed E-state index contributed by atoms with van der Waals surface area (Å²) in [7, 11) is 0. The number of rotatable bonds is 6. The summed E-state index contributed by atoms with van der Waals surface area (Å²) in [5.41, 5.74) is -0.763. The van der Waals surface area contributed by atoms with Crippen molar-refractivity contribution in [3.05, 3.63) is 35.4 Å². The van der Waals surface area contributed by atoms with Crippen LogP contribution in [0.15, 0.2) is 24.3 Å². The Labute approximate surface area is 137 Å². The lowest BCUT2D eigenvalue weighted by Gasteiger charge is -2.11. The summed E-state index contributed by atoms with van der Waals surface area (Å²) in [6.45, 7) is 0.979. The van der Waals surface area contributed by atoms with Gasteiger partial charge in [-0.25, -0.2) is 0 Å². The molecule has 1 aliphatic rings. The molecule has 1 aliphatic heterocycles. The number of carbonyl (C=O) groups excluding carboxylic acids is 2. The van der Waals surface area contributed by atoms with E-state index in [4.69, 9.17) is 4.74 Å². The maximum absolute atomic E-state index is 12.4. The number of nitrogens with one attached hydrogen (secondary N) is 2. The van der Waals surface area contributed by atoms with Crippen LogP contribution in [-0.4, -0.2) is 37.6 Å². The molecule has 5 nitrogen and oxygen atoms in total. The van der Waals surface area contributed by atoms with Crippen molar-refractivity contribution < 1.29 is 27.5 Å². The van der Waals surface area contributed by atoms with Crippen LogP contribution in [0.3, 0.4) is 0 Å². The minimum Gasteiger partial charge on any atom is -0.378 e. The molecule has 2 amide bonds. The maximum Gasteiger partial charge on any atom is 0.416 e. The van der Waals surface area contributed by atoms with E-state index in [-0.39, 0.29) is 24.1 Å². The van der Waals surface area contributed by atoms with Gasteiger partial charge in [-0.2, -0.15) is 13.2 Å². The van der Waals surface area contributed by atoms with E-state index in [1.807, 2.05) is 0 Å². The second-order valence-corrected chi connectivity index (χ2v) is 5.53. The fourth-order valence-corrected chi connectivity index (χ4v) is 2.38. The first kappa shape index (κ1) is 18.3. The molecule has 0 unspecified atom stereocenters. The molecule has 0 bridgehead atoms. The molecule has 2 N–H and O–H groups in total. The second kappa shape index (κ2) is 8.14. The lowest BCUT2D eigenvalue weighted by atomic mass is 10.1. The Hall–Kier alpha value is -2.09. The molecule has 1 aromatic rings. The van der Waals surface area contributed by atoms with E-state index in [1.54, 1.807) is 0 Å². The summed E-state index contributed by atoms with van der Waals surface area (Å²) in [4.78, 5) is 23.4. The first-order valence-corrected chi connectivity index (χ1v) is 7.70. The van der Waals surface area contributed by atoms with E-state index in [2.05, 4.69) is 10.6 Å². The molecule has 1 aromatic carbocycles. The van der Waals surface area contributed by atoms with Crippen molar-refractivity contribution in [2.45, 2.75) is 31.5 Å². The van der Waals surface area contributed by atoms with Crippen LogP contribution in [0.4, 0.5) is 13.2 Å². The Morgan fingerprint density at radius 1 is 1.17 bits per heavy atom. The highest BCUT2D eigenvalue weighted by Crippen LogP contribution is 2.29. The van der Waals surface area contributed by atoms with Gasteiger partial charge in [0.1, 0.15) is 0 Å². The Morgan fingerprint density at radius 2 is 1.88 bits per heavy atom. The molecule has 0 spiro atoms. The molecule has 2 rings (SSSR count). The minimum atomic E-state index is -4.45. The van der Waals surface area contributed by atoms with Crippen molar-refractivity contribution in [2.24, 2.45) is 0 Å². The van der Waals surface area contributed by atoms with Crippen LogP contribution in [0, 0.1) is 0 Å². The molecule has 0 aliphatic carbocycles. The first-order valence-electron chi connectivity index (χ1n) is 7.70. The van der Waals surface area contributed by atoms with Gasteiger partial charge in [-0.15, -0.1) is 0 Å². The van der Waals surface area contributed by atoms with Crippen molar-refractivity contribution in [1.29, 1.82) is 0 Å². The molecule has 1 atom stereocenters. The summed E-state index contributed by atoms with van der Waals surface area (Å²) < 4.78 is 42.8. The molecule has 0 aromatic heterocycles. The monoisotopic (exact) mass is 344 g/mol. The molecular weight excluding hydrogens is 325 g/mol. The molecule has 132 valence electrons. The van der Waals surface area contributed by atoms with E-state index in [0.717, 1.165) is 50.1 Å². The number of benzene rings is 1. The lowest BCUT2D eigenvalue weighted by molar-refractivity contribution is -0.137. The number of halogens is 3. The summed E-state index contributed by atoms with van der Waals surface area (Å²) in [6.07, 6.45) is -1.54. The summed E-state index contributed by atoms with van der Waals surface area (Å²) in [5.74, 6) is -0.953. The zero-order valence-electron chi connectivity index (χ0n) is 13.0. The zero-order chi connectivity index (χ0) is 17.6. The maximum atomic E-state index is 12.4. The van der Waals surface area contributed by atoms with Gasteiger partial charge in [-0.1, -0.05) is 0 Å². The van der Waals surface area contributed by atoms with Crippen LogP contribution in [0.5, 0.6) is 0 Å². The van der Waals surface area contributed by atoms with Crippen molar-refractivity contribution in [3.63, 3.8) is 0 Å². The molecule has 1 fully saturated rings. The van der Waals surface area contributed by atoms with Crippen molar-refractivity contribution in [3.8, 4) is 0 Å². The van der Waals surface area contributed by atoms with Crippen LogP contribution in [0.1, 0.15) is 35.2 Å². The van der Waals surface area contributed by atoms with E-state index in [1.165, 1.54) is 0 Å². The van der Waals surface area contributed by atoms with Gasteiger partial charge in [0, 0.05) is 18.7 Å². The van der Waals surface area contributed by atoms with Crippen LogP contribution in [0.2, 0.25) is 0 Å². The van der Waals surface area contributed by atoms with Gasteiger partial charge in [-0.3, -0.25) is 9.59 Å². The smallest absolute Gasteiger partial charge is 0.378 e. The Morgan fingerprint density at radius 3 is 2.46 bits per heavy atom. The Balaban J connectivity index is 1.70. The summed E-state index contributed by atoms with van der Waals surface area (Å²) >= 11 is 0. The van der Waals surface area contributed by atoms with Gasteiger partial charge in [0.05, 0.1) is 18.2 Å². The summed E-state index contributed by atoms with van der Waals surface area (Å²) in [5, 5.41) is 5.03. The predicted molar refractivity (Wildman–Crippen MR) is 80.4 cm³/mol. The normalized spacial score (nSPS) is 17.5. The van der Waals surface area contributed by atoms with Gasteiger partial charge < -0.3 is 15.4 Å². The quantitative estimate of drug-likeness (QED) is 0.831. The van der Waals surface area contributed by atoms with Crippen LogP contribution >= 0.6 is 0 Å². The highest BCUT2D eigenvalue weighted by Gasteiger charge is 2.30. The molecule has 24 heavy (non-hydrogen) atoms. The number of hydrogen-bond acceptors (Lipinski definition) is 3. The third kappa shape index (κ3) is 5.52. The van der Waals surface area contributed by atoms with Gasteiger partial charge >= 0.3 is 6.18 Å². The molecule has 1 heterocycles. The number of hydrogen-bond donors (Lipinski definition) is 2. The van der Waals surface area contributed by atoms with Crippen LogP contribution in [0.25, 0.3) is 0 Å². The Kier molecular flexibility index (Phi) is 6.19. The van der Waals surface area contributed by atoms with Crippen LogP contribution in [-0.2, 0) is 15.7 Å². The second-order valence-electron chi connectivity index (χ2n) is 5.53. The van der Waals surface area contributed by atoms with Gasteiger partial charge in [-0.05, 0) is 43.5 Å². The zero-order valence-corrected chi connectivity index (χ0v) is 13.0. The minimum absolute atomic E-state index is 0.0650. The van der Waals surface area contributed by atoms with E-state index < -0.39 is 17.6 Å². The fourth-order valence-electron chi connectivity index (χ4n) is 2.38. The van der Waals surface area contributed by atoms with E-state index in [9.17, 15) is 22.8 Å². The van der Waals surface area contributed by atoms with Crippen molar-refractivity contribution in [1.82, 2.24) is 10.6 Å². The molecular formula is C16H19F3N2O3. The van der Waals surface area contributed by atoms with E-state index in [0.29, 0.717) is 6.54 Å². The topological polar surface area (TPSA) is 67.4 Å². The lowest BCUT2D eigenvalue weighted by Crippen LogP contribution is -2.37. The third-order valence-electron chi connectivity index (χ3n) is 3.70. The number of ether oxygens (including phenoxy) is 1. The average molecular weight is 344 g/mol.